The molecule has 3 aromatic rings. The second kappa shape index (κ2) is 7.78. The van der Waals surface area contributed by atoms with E-state index in [-0.39, 0.29) is 12.6 Å². The van der Waals surface area contributed by atoms with Crippen LogP contribution in [0, 0.1) is 0 Å². The lowest BCUT2D eigenvalue weighted by Crippen LogP contribution is -2.42. The number of imide groups is 1. The molecule has 32 heavy (non-hydrogen) atoms. The van der Waals surface area contributed by atoms with Crippen LogP contribution in [0.1, 0.15) is 44.2 Å². The largest absolute Gasteiger partial charge is 0.325 e. The normalized spacial score (nSPS) is 21.3. The maximum atomic E-state index is 13.3. The minimum absolute atomic E-state index is 0.270. The first-order valence-electron chi connectivity index (χ1n) is 10.9. The summed E-state index contributed by atoms with van der Waals surface area (Å²) in [6, 6.07) is 14.8. The third-order valence-electron chi connectivity index (χ3n) is 6.51. The van der Waals surface area contributed by atoms with Crippen LogP contribution in [0.25, 0.3) is 10.8 Å². The summed E-state index contributed by atoms with van der Waals surface area (Å²) in [6.45, 7) is 1.32. The van der Waals surface area contributed by atoms with Crippen molar-refractivity contribution in [3.05, 3.63) is 60.3 Å². The maximum Gasteiger partial charge on any atom is 0.325 e. The molecule has 1 aliphatic carbocycles. The first-order chi connectivity index (χ1) is 15.5. The summed E-state index contributed by atoms with van der Waals surface area (Å²) >= 11 is 0. The molecule has 8 nitrogen and oxygen atoms in total. The number of rotatable bonds is 5. The number of amides is 4. The van der Waals surface area contributed by atoms with Crippen LogP contribution in [-0.2, 0) is 15.1 Å². The Bertz CT molecular complexity index is 1210. The van der Waals surface area contributed by atoms with Crippen molar-refractivity contribution in [2.45, 2.75) is 44.2 Å². The number of aromatic nitrogens is 2. The van der Waals surface area contributed by atoms with Gasteiger partial charge in [-0.25, -0.2) is 9.48 Å². The van der Waals surface area contributed by atoms with Gasteiger partial charge in [-0.05, 0) is 36.1 Å². The Kier molecular flexibility index (Phi) is 4.92. The summed E-state index contributed by atoms with van der Waals surface area (Å²) in [5.41, 5.74) is -0.541. The molecule has 2 heterocycles. The smallest absolute Gasteiger partial charge is 0.319 e. The fourth-order valence-corrected chi connectivity index (χ4v) is 4.86. The van der Waals surface area contributed by atoms with Crippen LogP contribution in [0.5, 0.6) is 0 Å². The van der Waals surface area contributed by atoms with Crippen molar-refractivity contribution in [1.82, 2.24) is 20.0 Å². The lowest BCUT2D eigenvalue weighted by atomic mass is 9.88. The predicted octanol–water partition coefficient (Wildman–Crippen LogP) is 3.56. The van der Waals surface area contributed by atoms with Crippen molar-refractivity contribution in [2.24, 2.45) is 0 Å². The molecule has 1 atom stereocenters. The number of nitrogens with one attached hydrogen (secondary N) is 2. The fourth-order valence-electron chi connectivity index (χ4n) is 4.86. The molecule has 5 rings (SSSR count). The van der Waals surface area contributed by atoms with Crippen molar-refractivity contribution in [2.75, 3.05) is 11.9 Å². The summed E-state index contributed by atoms with van der Waals surface area (Å²) in [4.78, 5) is 39.8. The topological polar surface area (TPSA) is 96.3 Å². The molecule has 1 saturated carbocycles. The predicted molar refractivity (Wildman–Crippen MR) is 120 cm³/mol. The Labute approximate surface area is 185 Å². The fraction of sp³-hybridized carbons (Fsp3) is 0.333. The van der Waals surface area contributed by atoms with E-state index in [2.05, 4.69) is 15.7 Å². The zero-order valence-electron chi connectivity index (χ0n) is 17.9. The zero-order valence-corrected chi connectivity index (χ0v) is 17.9. The number of carbonyl (C=O) groups excluding carboxylic acids is 3. The van der Waals surface area contributed by atoms with Gasteiger partial charge in [0.25, 0.3) is 5.91 Å². The van der Waals surface area contributed by atoms with Crippen molar-refractivity contribution in [1.29, 1.82) is 0 Å². The highest BCUT2D eigenvalue weighted by molar-refractivity contribution is 6.11. The highest BCUT2D eigenvalue weighted by Crippen LogP contribution is 2.34. The number of nitrogens with zero attached hydrogens (tertiary/aromatic N) is 3. The minimum atomic E-state index is -1.25. The molecule has 1 saturated heterocycles. The molecule has 1 aromatic heterocycles. The van der Waals surface area contributed by atoms with E-state index >= 15 is 0 Å². The van der Waals surface area contributed by atoms with Crippen LogP contribution in [0.2, 0.25) is 0 Å². The van der Waals surface area contributed by atoms with E-state index in [9.17, 15) is 14.4 Å². The van der Waals surface area contributed by atoms with Crippen LogP contribution in [0.4, 0.5) is 10.6 Å². The quantitative estimate of drug-likeness (QED) is 0.604. The Balaban J connectivity index is 1.35. The zero-order chi connectivity index (χ0) is 22.3. The molecular weight excluding hydrogens is 406 g/mol. The van der Waals surface area contributed by atoms with Gasteiger partial charge in [0.2, 0.25) is 5.91 Å². The highest BCUT2D eigenvalue weighted by atomic mass is 16.2. The molecule has 4 amide bonds. The van der Waals surface area contributed by atoms with E-state index in [1.165, 1.54) is 0 Å². The summed E-state index contributed by atoms with van der Waals surface area (Å²) in [6.07, 6.45) is 6.00. The van der Waals surface area contributed by atoms with Crippen LogP contribution < -0.4 is 10.6 Å². The monoisotopic (exact) mass is 431 g/mol. The lowest BCUT2D eigenvalue weighted by Gasteiger charge is -2.24. The second-order valence-corrected chi connectivity index (χ2v) is 8.62. The molecule has 0 radical (unpaired) electrons. The molecule has 2 fully saturated rings. The van der Waals surface area contributed by atoms with E-state index in [1.54, 1.807) is 19.2 Å². The van der Waals surface area contributed by atoms with Crippen LogP contribution >= 0.6 is 0 Å². The third kappa shape index (κ3) is 3.32. The van der Waals surface area contributed by atoms with Gasteiger partial charge in [0.1, 0.15) is 17.9 Å². The molecule has 1 unspecified atom stereocenters. The standard InChI is InChI=1S/C24H25N5O3/c1-24(19-12-6-8-16-7-2-5-11-18(16)19)22(31)28(23(32)27-24)15-21(30)26-20-13-14-25-29(20)17-9-3-4-10-17/h2,5-8,11-14,17H,3-4,9-10,15H2,1H3,(H,26,30)(H,27,32). The van der Waals surface area contributed by atoms with Crippen LogP contribution in [0.3, 0.4) is 0 Å². The summed E-state index contributed by atoms with van der Waals surface area (Å²) in [7, 11) is 0. The average molecular weight is 431 g/mol. The molecule has 2 aliphatic rings. The van der Waals surface area contributed by atoms with Gasteiger partial charge < -0.3 is 10.6 Å². The Morgan fingerprint density at radius 1 is 1.12 bits per heavy atom. The average Bonchev–Trinajstić information content (AvgIpc) is 3.51. The SMILES string of the molecule is CC1(c2cccc3ccccc23)NC(=O)N(CC(=O)Nc2ccnn2C2CCCC2)C1=O. The van der Waals surface area contributed by atoms with E-state index < -0.39 is 23.4 Å². The molecule has 0 bridgehead atoms. The number of fused-ring (bicyclic) bond motifs is 1. The number of benzene rings is 2. The number of carbonyl (C=O) groups is 3. The van der Waals surface area contributed by atoms with Crippen LogP contribution in [0.15, 0.2) is 54.7 Å². The molecule has 0 spiro atoms. The van der Waals surface area contributed by atoms with Gasteiger partial charge in [-0.2, -0.15) is 5.10 Å². The van der Waals surface area contributed by atoms with E-state index in [0.29, 0.717) is 11.4 Å². The van der Waals surface area contributed by atoms with Crippen molar-refractivity contribution in [3.8, 4) is 0 Å². The second-order valence-electron chi connectivity index (χ2n) is 8.62. The minimum Gasteiger partial charge on any atom is -0.319 e. The Morgan fingerprint density at radius 3 is 2.69 bits per heavy atom. The van der Waals surface area contributed by atoms with Gasteiger partial charge in [0.05, 0.1) is 12.2 Å². The summed E-state index contributed by atoms with van der Waals surface area (Å²) in [5, 5.41) is 11.8. The number of hydrogen-bond acceptors (Lipinski definition) is 4. The Morgan fingerprint density at radius 2 is 1.88 bits per heavy atom. The van der Waals surface area contributed by atoms with Gasteiger partial charge in [-0.15, -0.1) is 0 Å². The third-order valence-corrected chi connectivity index (χ3v) is 6.51. The van der Waals surface area contributed by atoms with Gasteiger partial charge in [0.15, 0.2) is 0 Å². The van der Waals surface area contributed by atoms with Gasteiger partial charge in [-0.1, -0.05) is 55.3 Å². The lowest BCUT2D eigenvalue weighted by molar-refractivity contribution is -0.133. The van der Waals surface area contributed by atoms with Crippen molar-refractivity contribution < 1.29 is 14.4 Å². The number of anilines is 1. The molecule has 2 aromatic carbocycles. The summed E-state index contributed by atoms with van der Waals surface area (Å²) < 4.78 is 1.83. The Hall–Kier alpha value is -3.68. The number of urea groups is 1. The molecule has 8 heteroatoms. The first kappa shape index (κ1) is 20.2. The van der Waals surface area contributed by atoms with Gasteiger partial charge >= 0.3 is 6.03 Å². The van der Waals surface area contributed by atoms with E-state index in [1.807, 2.05) is 47.1 Å². The van der Waals surface area contributed by atoms with E-state index in [0.717, 1.165) is 41.4 Å². The van der Waals surface area contributed by atoms with Gasteiger partial charge in [0, 0.05) is 6.07 Å². The van der Waals surface area contributed by atoms with Gasteiger partial charge in [-0.3, -0.25) is 14.5 Å². The van der Waals surface area contributed by atoms with Crippen molar-refractivity contribution >= 4 is 34.4 Å². The highest BCUT2D eigenvalue weighted by Gasteiger charge is 2.50. The van der Waals surface area contributed by atoms with Crippen LogP contribution in [-0.4, -0.2) is 39.1 Å². The molecule has 1 aliphatic heterocycles. The number of hydrogen-bond donors (Lipinski definition) is 2. The molecular formula is C24H25N5O3. The first-order valence-corrected chi connectivity index (χ1v) is 10.9. The molecule has 164 valence electrons. The van der Waals surface area contributed by atoms with E-state index in [4.69, 9.17) is 0 Å². The molecule has 2 N–H and O–H groups in total. The summed E-state index contributed by atoms with van der Waals surface area (Å²) in [5.74, 6) is -0.292. The maximum absolute atomic E-state index is 13.3. The van der Waals surface area contributed by atoms with Crippen molar-refractivity contribution in [3.63, 3.8) is 0 Å².